The number of carboxylic acid groups (broad SMARTS) is 1. The molecule has 3 N–H and O–H groups in total. The van der Waals surface area contributed by atoms with Gasteiger partial charge < -0.3 is 20.5 Å². The van der Waals surface area contributed by atoms with E-state index >= 15 is 0 Å². The van der Waals surface area contributed by atoms with Crippen molar-refractivity contribution >= 4 is 18.0 Å². The molecule has 1 unspecified atom stereocenters. The predicted molar refractivity (Wildman–Crippen MR) is 132 cm³/mol. The van der Waals surface area contributed by atoms with E-state index < -0.39 is 30.1 Å². The lowest BCUT2D eigenvalue weighted by Gasteiger charge is -2.23. The molecule has 0 aromatic heterocycles. The van der Waals surface area contributed by atoms with Gasteiger partial charge in [0.2, 0.25) is 5.91 Å². The first-order valence-electron chi connectivity index (χ1n) is 11.6. The summed E-state index contributed by atoms with van der Waals surface area (Å²) in [7, 11) is 0. The molecular formula is C28H28N2O5. The van der Waals surface area contributed by atoms with E-state index in [2.05, 4.69) is 22.8 Å². The van der Waals surface area contributed by atoms with Crippen molar-refractivity contribution in [1.29, 1.82) is 0 Å². The number of ether oxygens (including phenoxy) is 1. The third-order valence-corrected chi connectivity index (χ3v) is 6.23. The Balaban J connectivity index is 1.49. The molecule has 3 aromatic carbocycles. The van der Waals surface area contributed by atoms with E-state index in [4.69, 9.17) is 4.74 Å². The number of carboxylic acids is 1. The standard InChI is InChI=1S/C28H28N2O5/c1-17(2)24(27(32)33)29-26(31)25(18-10-4-3-5-11-18)30-28(34)35-16-23-21-14-8-6-12-19(21)20-13-7-9-15-22(20)23/h3-15,17,23-25H,16H2,1-2H3,(H,29,31)(H,30,34)(H,32,33)/t24?,25-/m0/s1. The molecule has 3 aromatic rings. The Morgan fingerprint density at radius 2 is 1.37 bits per heavy atom. The highest BCUT2D eigenvalue weighted by atomic mass is 16.5. The van der Waals surface area contributed by atoms with Gasteiger partial charge >= 0.3 is 12.1 Å². The van der Waals surface area contributed by atoms with Crippen LogP contribution < -0.4 is 10.6 Å². The highest BCUT2D eigenvalue weighted by molar-refractivity contribution is 5.90. The van der Waals surface area contributed by atoms with Crippen LogP contribution in [0.4, 0.5) is 4.79 Å². The second-order valence-corrected chi connectivity index (χ2v) is 8.88. The molecule has 7 nitrogen and oxygen atoms in total. The van der Waals surface area contributed by atoms with Gasteiger partial charge in [0.1, 0.15) is 18.7 Å². The molecule has 0 spiro atoms. The summed E-state index contributed by atoms with van der Waals surface area (Å²) in [5.41, 5.74) is 4.92. The van der Waals surface area contributed by atoms with Crippen LogP contribution in [0.3, 0.4) is 0 Å². The number of benzene rings is 3. The normalized spacial score (nSPS) is 13.9. The van der Waals surface area contributed by atoms with Crippen molar-refractivity contribution in [2.75, 3.05) is 6.61 Å². The van der Waals surface area contributed by atoms with E-state index in [-0.39, 0.29) is 18.4 Å². The van der Waals surface area contributed by atoms with Gasteiger partial charge in [0.15, 0.2) is 0 Å². The molecule has 35 heavy (non-hydrogen) atoms. The van der Waals surface area contributed by atoms with Crippen LogP contribution in [0.25, 0.3) is 11.1 Å². The summed E-state index contributed by atoms with van der Waals surface area (Å²) in [5, 5.41) is 14.6. The molecule has 0 bridgehead atoms. The molecule has 4 rings (SSSR count). The minimum Gasteiger partial charge on any atom is -0.480 e. The highest BCUT2D eigenvalue weighted by Crippen LogP contribution is 2.44. The summed E-state index contributed by atoms with van der Waals surface area (Å²) in [6.45, 7) is 3.51. The first-order valence-corrected chi connectivity index (χ1v) is 11.6. The number of nitrogens with one attached hydrogen (secondary N) is 2. The number of hydrogen-bond acceptors (Lipinski definition) is 4. The zero-order chi connectivity index (χ0) is 24.9. The van der Waals surface area contributed by atoms with Gasteiger partial charge in [-0.05, 0) is 33.7 Å². The third-order valence-electron chi connectivity index (χ3n) is 6.23. The number of carbonyl (C=O) groups is 3. The summed E-state index contributed by atoms with van der Waals surface area (Å²) >= 11 is 0. The average Bonchev–Trinajstić information content (AvgIpc) is 3.18. The molecule has 1 aliphatic carbocycles. The maximum Gasteiger partial charge on any atom is 0.408 e. The van der Waals surface area contributed by atoms with Crippen molar-refractivity contribution in [2.24, 2.45) is 5.92 Å². The van der Waals surface area contributed by atoms with Gasteiger partial charge in [-0.2, -0.15) is 0 Å². The molecule has 0 heterocycles. The second-order valence-electron chi connectivity index (χ2n) is 8.88. The molecule has 7 heteroatoms. The van der Waals surface area contributed by atoms with Crippen LogP contribution in [-0.2, 0) is 14.3 Å². The van der Waals surface area contributed by atoms with Gasteiger partial charge in [0.25, 0.3) is 0 Å². The van der Waals surface area contributed by atoms with Gasteiger partial charge in [-0.3, -0.25) is 4.79 Å². The fourth-order valence-corrected chi connectivity index (χ4v) is 4.45. The Morgan fingerprint density at radius 1 is 0.829 bits per heavy atom. The molecule has 0 aliphatic heterocycles. The van der Waals surface area contributed by atoms with Crippen LogP contribution >= 0.6 is 0 Å². The topological polar surface area (TPSA) is 105 Å². The lowest BCUT2D eigenvalue weighted by Crippen LogP contribution is -2.49. The number of carbonyl (C=O) groups excluding carboxylic acids is 2. The maximum absolute atomic E-state index is 13.0. The summed E-state index contributed by atoms with van der Waals surface area (Å²) in [4.78, 5) is 37.5. The summed E-state index contributed by atoms with van der Waals surface area (Å²) in [5.74, 6) is -2.20. The smallest absolute Gasteiger partial charge is 0.408 e. The van der Waals surface area contributed by atoms with Gasteiger partial charge in [0.05, 0.1) is 0 Å². The molecule has 0 saturated heterocycles. The Hall–Kier alpha value is -4.13. The van der Waals surface area contributed by atoms with E-state index in [0.29, 0.717) is 5.56 Å². The van der Waals surface area contributed by atoms with Crippen molar-refractivity contribution in [3.8, 4) is 11.1 Å². The van der Waals surface area contributed by atoms with Crippen LogP contribution in [0.1, 0.15) is 42.5 Å². The summed E-state index contributed by atoms with van der Waals surface area (Å²) in [6, 6.07) is 22.5. The zero-order valence-corrected chi connectivity index (χ0v) is 19.6. The molecule has 1 aliphatic rings. The van der Waals surface area contributed by atoms with E-state index in [1.807, 2.05) is 36.4 Å². The maximum atomic E-state index is 13.0. The second kappa shape index (κ2) is 10.4. The third kappa shape index (κ3) is 5.19. The molecule has 0 saturated carbocycles. The first-order chi connectivity index (χ1) is 16.9. The number of alkyl carbamates (subject to hydrolysis) is 1. The quantitative estimate of drug-likeness (QED) is 0.448. The first kappa shape index (κ1) is 24.0. The molecule has 0 radical (unpaired) electrons. The molecule has 0 fully saturated rings. The fourth-order valence-electron chi connectivity index (χ4n) is 4.45. The van der Waals surface area contributed by atoms with Crippen LogP contribution in [-0.4, -0.2) is 35.7 Å². The van der Waals surface area contributed by atoms with Crippen molar-refractivity contribution in [3.63, 3.8) is 0 Å². The number of fused-ring (bicyclic) bond motifs is 3. The van der Waals surface area contributed by atoms with Crippen LogP contribution in [0.2, 0.25) is 0 Å². The van der Waals surface area contributed by atoms with Crippen molar-refractivity contribution < 1.29 is 24.2 Å². The van der Waals surface area contributed by atoms with E-state index in [1.54, 1.807) is 44.2 Å². The van der Waals surface area contributed by atoms with Crippen LogP contribution in [0.5, 0.6) is 0 Å². The van der Waals surface area contributed by atoms with Gasteiger partial charge in [-0.1, -0.05) is 92.7 Å². The number of rotatable bonds is 8. The van der Waals surface area contributed by atoms with E-state index in [9.17, 15) is 19.5 Å². The summed E-state index contributed by atoms with van der Waals surface area (Å²) < 4.78 is 5.60. The van der Waals surface area contributed by atoms with Gasteiger partial charge in [0, 0.05) is 5.92 Å². The monoisotopic (exact) mass is 472 g/mol. The van der Waals surface area contributed by atoms with Crippen molar-refractivity contribution in [3.05, 3.63) is 95.6 Å². The lowest BCUT2D eigenvalue weighted by molar-refractivity contribution is -0.143. The number of aliphatic carboxylic acids is 1. The van der Waals surface area contributed by atoms with Crippen LogP contribution in [0.15, 0.2) is 78.9 Å². The number of hydrogen-bond donors (Lipinski definition) is 3. The Kier molecular flexibility index (Phi) is 7.15. The van der Waals surface area contributed by atoms with Gasteiger partial charge in [-0.25, -0.2) is 9.59 Å². The summed E-state index contributed by atoms with van der Waals surface area (Å²) in [6.07, 6.45) is -0.757. The molecule has 180 valence electrons. The zero-order valence-electron chi connectivity index (χ0n) is 19.6. The highest BCUT2D eigenvalue weighted by Gasteiger charge is 2.32. The SMILES string of the molecule is CC(C)C(NC(=O)[C@@H](NC(=O)OCC1c2ccccc2-c2ccccc21)c1ccccc1)C(=O)O. The van der Waals surface area contributed by atoms with Crippen LogP contribution in [0, 0.1) is 5.92 Å². The minimum absolute atomic E-state index is 0.104. The van der Waals surface area contributed by atoms with Crippen molar-refractivity contribution in [1.82, 2.24) is 10.6 Å². The Bertz CT molecular complexity index is 1180. The number of amides is 2. The molecule has 2 atom stereocenters. The lowest BCUT2D eigenvalue weighted by atomic mass is 9.98. The average molecular weight is 473 g/mol. The Labute approximate surface area is 204 Å². The van der Waals surface area contributed by atoms with Crippen molar-refractivity contribution in [2.45, 2.75) is 31.8 Å². The van der Waals surface area contributed by atoms with Gasteiger partial charge in [-0.15, -0.1) is 0 Å². The largest absolute Gasteiger partial charge is 0.480 e. The Morgan fingerprint density at radius 3 is 1.91 bits per heavy atom. The van der Waals surface area contributed by atoms with E-state index in [1.165, 1.54) is 0 Å². The minimum atomic E-state index is -1.14. The fraction of sp³-hybridized carbons (Fsp3) is 0.250. The molecule has 2 amide bonds. The van der Waals surface area contributed by atoms with E-state index in [0.717, 1.165) is 22.3 Å². The predicted octanol–water partition coefficient (Wildman–Crippen LogP) is 4.49. The molecular weight excluding hydrogens is 444 g/mol.